The van der Waals surface area contributed by atoms with Gasteiger partial charge in [-0.1, -0.05) is 6.58 Å². The third kappa shape index (κ3) is 2.81. The quantitative estimate of drug-likeness (QED) is 0.511. The fourth-order valence-electron chi connectivity index (χ4n) is 1.08. The summed E-state index contributed by atoms with van der Waals surface area (Å²) in [6, 6.07) is 3.91. The van der Waals surface area contributed by atoms with E-state index in [1.807, 2.05) is 0 Å². The molecule has 1 rings (SSSR count). The molecule has 0 aliphatic carbocycles. The first-order chi connectivity index (χ1) is 7.34. The van der Waals surface area contributed by atoms with E-state index in [1.165, 1.54) is 18.2 Å². The number of benzene rings is 1. The van der Waals surface area contributed by atoms with E-state index in [9.17, 15) is 13.2 Å². The number of anilines is 2. The van der Waals surface area contributed by atoms with Gasteiger partial charge in [-0.15, -0.1) is 0 Å². The first kappa shape index (κ1) is 12.2. The second-order valence-electron chi connectivity index (χ2n) is 2.99. The van der Waals surface area contributed by atoms with Gasteiger partial charge in [0.25, 0.3) is 0 Å². The largest absolute Gasteiger partial charge is 0.399 e. The van der Waals surface area contributed by atoms with Crippen LogP contribution in [0, 0.1) is 0 Å². The van der Waals surface area contributed by atoms with Gasteiger partial charge in [0.15, 0.2) is 0 Å². The van der Waals surface area contributed by atoms with E-state index in [0.717, 1.165) is 6.08 Å². The summed E-state index contributed by atoms with van der Waals surface area (Å²) in [6.45, 7) is 3.25. The van der Waals surface area contributed by atoms with Gasteiger partial charge in [-0.25, -0.2) is 13.6 Å². The molecule has 0 spiro atoms. The number of hydrogen-bond acceptors (Lipinski definition) is 4. The summed E-state index contributed by atoms with van der Waals surface area (Å²) < 4.78 is 22.4. The molecule has 0 saturated carbocycles. The van der Waals surface area contributed by atoms with Gasteiger partial charge in [-0.3, -0.25) is 4.79 Å². The van der Waals surface area contributed by atoms with Crippen molar-refractivity contribution in [1.29, 1.82) is 0 Å². The smallest absolute Gasteiger partial charge is 0.247 e. The molecule has 0 aliphatic heterocycles. The Hall–Kier alpha value is -1.86. The summed E-state index contributed by atoms with van der Waals surface area (Å²) in [6.07, 6.45) is 1.01. The zero-order chi connectivity index (χ0) is 12.3. The Morgan fingerprint density at radius 2 is 2.06 bits per heavy atom. The number of hydrogen-bond donors (Lipinski definition) is 3. The molecule has 6 nitrogen and oxygen atoms in total. The molecule has 7 heteroatoms. The van der Waals surface area contributed by atoms with Gasteiger partial charge < -0.3 is 11.1 Å². The van der Waals surface area contributed by atoms with Crippen molar-refractivity contribution in [3.63, 3.8) is 0 Å². The predicted octanol–water partition coefficient (Wildman–Crippen LogP) is 0.0407. The molecule has 86 valence electrons. The fraction of sp³-hybridized carbons (Fsp3) is 0. The highest BCUT2D eigenvalue weighted by Crippen LogP contribution is 2.22. The van der Waals surface area contributed by atoms with Crippen molar-refractivity contribution < 1.29 is 13.2 Å². The van der Waals surface area contributed by atoms with Crippen molar-refractivity contribution in [2.45, 2.75) is 4.90 Å². The lowest BCUT2D eigenvalue weighted by atomic mass is 10.3. The SMILES string of the molecule is C=CC(=O)Nc1cc(N)ccc1S(N)(=O)=O. The predicted molar refractivity (Wildman–Crippen MR) is 61.1 cm³/mol. The lowest BCUT2D eigenvalue weighted by molar-refractivity contribution is -0.111. The second-order valence-corrected chi connectivity index (χ2v) is 4.52. The van der Waals surface area contributed by atoms with Gasteiger partial charge in [-0.2, -0.15) is 0 Å². The number of nitrogen functional groups attached to an aromatic ring is 1. The van der Waals surface area contributed by atoms with Crippen LogP contribution in [-0.2, 0) is 14.8 Å². The molecule has 1 aromatic rings. The molecule has 0 saturated heterocycles. The molecule has 0 radical (unpaired) electrons. The van der Waals surface area contributed by atoms with Crippen LogP contribution in [0.5, 0.6) is 0 Å². The van der Waals surface area contributed by atoms with Crippen molar-refractivity contribution in [2.75, 3.05) is 11.1 Å². The summed E-state index contributed by atoms with van der Waals surface area (Å²) in [4.78, 5) is 10.9. The lowest BCUT2D eigenvalue weighted by Crippen LogP contribution is -2.17. The Labute approximate surface area is 93.0 Å². The number of nitrogens with two attached hydrogens (primary N) is 2. The third-order valence-electron chi connectivity index (χ3n) is 1.75. The molecule has 5 N–H and O–H groups in total. The summed E-state index contributed by atoms with van der Waals surface area (Å²) in [5.41, 5.74) is 5.82. The van der Waals surface area contributed by atoms with Crippen LogP contribution >= 0.6 is 0 Å². The Bertz CT molecular complexity index is 537. The molecule has 16 heavy (non-hydrogen) atoms. The summed E-state index contributed by atoms with van der Waals surface area (Å²) >= 11 is 0. The molecule has 0 unspecified atom stereocenters. The summed E-state index contributed by atoms with van der Waals surface area (Å²) in [5.74, 6) is -0.546. The van der Waals surface area contributed by atoms with E-state index < -0.39 is 15.9 Å². The monoisotopic (exact) mass is 241 g/mol. The van der Waals surface area contributed by atoms with Crippen molar-refractivity contribution in [3.8, 4) is 0 Å². The zero-order valence-electron chi connectivity index (χ0n) is 8.30. The van der Waals surface area contributed by atoms with E-state index in [0.29, 0.717) is 5.69 Å². The van der Waals surface area contributed by atoms with Crippen molar-refractivity contribution in [3.05, 3.63) is 30.9 Å². The summed E-state index contributed by atoms with van der Waals surface area (Å²) in [7, 11) is -3.91. The van der Waals surface area contributed by atoms with E-state index in [1.54, 1.807) is 0 Å². The highest BCUT2D eigenvalue weighted by atomic mass is 32.2. The van der Waals surface area contributed by atoms with Crippen LogP contribution < -0.4 is 16.2 Å². The number of carbonyl (C=O) groups excluding carboxylic acids is 1. The molecular weight excluding hydrogens is 230 g/mol. The normalized spacial score (nSPS) is 10.8. The van der Waals surface area contributed by atoms with Gasteiger partial charge in [0, 0.05) is 5.69 Å². The van der Waals surface area contributed by atoms with Gasteiger partial charge >= 0.3 is 0 Å². The molecule has 1 amide bonds. The fourth-order valence-corrected chi connectivity index (χ4v) is 1.75. The van der Waals surface area contributed by atoms with Gasteiger partial charge in [-0.05, 0) is 24.3 Å². The van der Waals surface area contributed by atoms with E-state index >= 15 is 0 Å². The average Bonchev–Trinajstić information content (AvgIpc) is 2.15. The number of carbonyl (C=O) groups is 1. The van der Waals surface area contributed by atoms with E-state index in [-0.39, 0.29) is 10.6 Å². The van der Waals surface area contributed by atoms with Crippen LogP contribution in [0.4, 0.5) is 11.4 Å². The van der Waals surface area contributed by atoms with Crippen LogP contribution in [0.25, 0.3) is 0 Å². The maximum Gasteiger partial charge on any atom is 0.247 e. The molecule has 0 aromatic heterocycles. The Balaban J connectivity index is 3.29. The average molecular weight is 241 g/mol. The van der Waals surface area contributed by atoms with Gasteiger partial charge in [0.1, 0.15) is 4.90 Å². The number of rotatable bonds is 3. The minimum absolute atomic E-state index is 0.0346. The van der Waals surface area contributed by atoms with E-state index in [4.69, 9.17) is 10.9 Å². The Morgan fingerprint density at radius 3 is 2.56 bits per heavy atom. The number of sulfonamides is 1. The molecule has 0 aliphatic rings. The standard InChI is InChI=1S/C9H11N3O3S/c1-2-9(13)12-7-5-6(10)3-4-8(7)16(11,14)15/h2-5H,1,10H2,(H,12,13)(H2,11,14,15). The minimum Gasteiger partial charge on any atom is -0.399 e. The molecule has 1 aromatic carbocycles. The molecule has 0 atom stereocenters. The van der Waals surface area contributed by atoms with Crippen molar-refractivity contribution in [2.24, 2.45) is 5.14 Å². The zero-order valence-corrected chi connectivity index (χ0v) is 9.12. The molecular formula is C9H11N3O3S. The molecule has 0 fully saturated rings. The molecule has 0 bridgehead atoms. The van der Waals surface area contributed by atoms with Crippen LogP contribution in [0.2, 0.25) is 0 Å². The van der Waals surface area contributed by atoms with Gasteiger partial charge in [0.2, 0.25) is 15.9 Å². The minimum atomic E-state index is -3.91. The van der Waals surface area contributed by atoms with Crippen molar-refractivity contribution >= 4 is 27.3 Å². The highest BCUT2D eigenvalue weighted by molar-refractivity contribution is 7.89. The van der Waals surface area contributed by atoms with Crippen LogP contribution in [0.1, 0.15) is 0 Å². The molecule has 0 heterocycles. The van der Waals surface area contributed by atoms with Crippen molar-refractivity contribution in [1.82, 2.24) is 0 Å². The van der Waals surface area contributed by atoms with Crippen LogP contribution in [0.15, 0.2) is 35.7 Å². The Morgan fingerprint density at radius 1 is 1.44 bits per heavy atom. The maximum absolute atomic E-state index is 11.2. The highest BCUT2D eigenvalue weighted by Gasteiger charge is 2.14. The van der Waals surface area contributed by atoms with E-state index in [2.05, 4.69) is 11.9 Å². The number of primary sulfonamides is 1. The topological polar surface area (TPSA) is 115 Å². The first-order valence-corrected chi connectivity index (χ1v) is 5.75. The first-order valence-electron chi connectivity index (χ1n) is 4.20. The second kappa shape index (κ2) is 4.33. The van der Waals surface area contributed by atoms with Crippen LogP contribution in [0.3, 0.4) is 0 Å². The summed E-state index contributed by atoms with van der Waals surface area (Å²) in [5, 5.41) is 7.29. The van der Waals surface area contributed by atoms with Crippen LogP contribution in [-0.4, -0.2) is 14.3 Å². The number of nitrogens with one attached hydrogen (secondary N) is 1. The lowest BCUT2D eigenvalue weighted by Gasteiger charge is -2.08. The third-order valence-corrected chi connectivity index (χ3v) is 2.72. The maximum atomic E-state index is 11.2. The van der Waals surface area contributed by atoms with Gasteiger partial charge in [0.05, 0.1) is 5.69 Å². The number of amides is 1. The Kier molecular flexibility index (Phi) is 3.31.